The van der Waals surface area contributed by atoms with E-state index in [-0.39, 0.29) is 13.0 Å². The van der Waals surface area contributed by atoms with E-state index in [2.05, 4.69) is 13.8 Å². The van der Waals surface area contributed by atoms with Gasteiger partial charge in [-0.25, -0.2) is 0 Å². The number of carboxylic acid groups (broad SMARTS) is 2. The van der Waals surface area contributed by atoms with Crippen LogP contribution < -0.4 is 0 Å². The van der Waals surface area contributed by atoms with Gasteiger partial charge in [0, 0.05) is 6.42 Å². The van der Waals surface area contributed by atoms with E-state index in [1.54, 1.807) is 0 Å². The van der Waals surface area contributed by atoms with Crippen LogP contribution in [0.25, 0.3) is 0 Å². The highest BCUT2D eigenvalue weighted by atomic mass is 16.4. The molecule has 2 atom stereocenters. The summed E-state index contributed by atoms with van der Waals surface area (Å²) in [6.45, 7) is 4.00. The van der Waals surface area contributed by atoms with Crippen LogP contribution in [0.2, 0.25) is 0 Å². The van der Waals surface area contributed by atoms with Crippen LogP contribution in [0.3, 0.4) is 0 Å². The molecule has 6 nitrogen and oxygen atoms in total. The quantitative estimate of drug-likeness (QED) is 0.209. The van der Waals surface area contributed by atoms with Gasteiger partial charge in [0.15, 0.2) is 0 Å². The van der Waals surface area contributed by atoms with Gasteiger partial charge in [-0.1, -0.05) is 90.9 Å². The maximum absolute atomic E-state index is 10.9. The van der Waals surface area contributed by atoms with Crippen molar-refractivity contribution in [3.05, 3.63) is 0 Å². The van der Waals surface area contributed by atoms with Crippen LogP contribution in [-0.4, -0.2) is 45.1 Å². The molecule has 6 heteroatoms. The molecular formula is C23H46O6. The molecule has 0 aliphatic carbocycles. The monoisotopic (exact) mass is 418 g/mol. The second kappa shape index (κ2) is 23.1. The van der Waals surface area contributed by atoms with E-state index < -0.39 is 24.0 Å². The zero-order valence-corrected chi connectivity index (χ0v) is 18.8. The number of aliphatic hydroxyl groups is 2. The third kappa shape index (κ3) is 24.8. The van der Waals surface area contributed by atoms with Gasteiger partial charge in [-0.3, -0.25) is 9.59 Å². The maximum Gasteiger partial charge on any atom is 0.306 e. The smallest absolute Gasteiger partial charge is 0.306 e. The summed E-state index contributed by atoms with van der Waals surface area (Å²) in [5.74, 6) is -2.06. The largest absolute Gasteiger partial charge is 0.481 e. The fraction of sp³-hybridized carbons (Fsp3) is 0.913. The van der Waals surface area contributed by atoms with Gasteiger partial charge in [-0.15, -0.1) is 0 Å². The second-order valence-corrected chi connectivity index (χ2v) is 7.93. The summed E-state index contributed by atoms with van der Waals surface area (Å²) in [6, 6.07) is 0. The summed E-state index contributed by atoms with van der Waals surface area (Å²) in [5.41, 5.74) is 0. The standard InChI is InChI=1S/C13H26O4.C10H20O2/c1-2-3-4-5-6-7-8-11(13(16)17)9-12(15)10-14;1-2-3-4-5-6-7-8-9-10(11)12/h11-12,14-15H,2-10H2,1H3,(H,16,17);2-9H2,1H3,(H,11,12). The molecule has 0 spiro atoms. The van der Waals surface area contributed by atoms with Crippen molar-refractivity contribution < 1.29 is 30.0 Å². The summed E-state index contributed by atoms with van der Waals surface area (Å²) in [5, 5.41) is 35.2. The molecule has 2 unspecified atom stereocenters. The van der Waals surface area contributed by atoms with Crippen LogP contribution in [0.1, 0.15) is 117 Å². The third-order valence-electron chi connectivity index (χ3n) is 5.02. The van der Waals surface area contributed by atoms with Crippen molar-refractivity contribution in [2.45, 2.75) is 123 Å². The molecule has 0 rings (SSSR count). The molecule has 0 aromatic rings. The molecule has 0 aliphatic heterocycles. The Bertz CT molecular complexity index is 372. The number of aliphatic hydroxyl groups excluding tert-OH is 2. The molecule has 0 radical (unpaired) electrons. The topological polar surface area (TPSA) is 115 Å². The number of carboxylic acids is 2. The Hall–Kier alpha value is -1.14. The third-order valence-corrected chi connectivity index (χ3v) is 5.02. The lowest BCUT2D eigenvalue weighted by atomic mass is 9.95. The molecule has 0 heterocycles. The molecule has 174 valence electrons. The minimum absolute atomic E-state index is 0.154. The van der Waals surface area contributed by atoms with Gasteiger partial charge in [0.05, 0.1) is 18.6 Å². The summed E-state index contributed by atoms with van der Waals surface area (Å²) in [4.78, 5) is 21.1. The molecule has 29 heavy (non-hydrogen) atoms. The molecule has 0 aromatic carbocycles. The first-order chi connectivity index (χ1) is 13.9. The Balaban J connectivity index is 0. The average Bonchev–Trinajstić information content (AvgIpc) is 2.68. The van der Waals surface area contributed by atoms with Crippen molar-refractivity contribution in [2.75, 3.05) is 6.61 Å². The minimum Gasteiger partial charge on any atom is -0.481 e. The Kier molecular flexibility index (Phi) is 24.0. The van der Waals surface area contributed by atoms with Crippen LogP contribution in [0, 0.1) is 5.92 Å². The lowest BCUT2D eigenvalue weighted by Crippen LogP contribution is -2.23. The van der Waals surface area contributed by atoms with Crippen molar-refractivity contribution in [3.63, 3.8) is 0 Å². The molecule has 0 amide bonds. The van der Waals surface area contributed by atoms with Gasteiger partial charge >= 0.3 is 11.9 Å². The summed E-state index contributed by atoms with van der Waals surface area (Å²) in [7, 11) is 0. The van der Waals surface area contributed by atoms with Gasteiger partial charge in [0.1, 0.15) is 0 Å². The predicted octanol–water partition coefficient (Wildman–Crippen LogP) is 5.39. The van der Waals surface area contributed by atoms with Crippen LogP contribution >= 0.6 is 0 Å². The van der Waals surface area contributed by atoms with E-state index in [9.17, 15) is 14.7 Å². The fourth-order valence-corrected chi connectivity index (χ4v) is 3.15. The van der Waals surface area contributed by atoms with Gasteiger partial charge in [-0.2, -0.15) is 0 Å². The van der Waals surface area contributed by atoms with E-state index >= 15 is 0 Å². The van der Waals surface area contributed by atoms with E-state index in [1.807, 2.05) is 0 Å². The first-order valence-electron chi connectivity index (χ1n) is 11.6. The van der Waals surface area contributed by atoms with Gasteiger partial charge in [0.2, 0.25) is 0 Å². The normalized spacial score (nSPS) is 12.7. The van der Waals surface area contributed by atoms with Gasteiger partial charge < -0.3 is 20.4 Å². The zero-order chi connectivity index (χ0) is 22.3. The highest BCUT2D eigenvalue weighted by Gasteiger charge is 2.20. The van der Waals surface area contributed by atoms with Crippen molar-refractivity contribution in [3.8, 4) is 0 Å². The number of unbranched alkanes of at least 4 members (excludes halogenated alkanes) is 11. The fourth-order valence-electron chi connectivity index (χ4n) is 3.15. The van der Waals surface area contributed by atoms with Crippen LogP contribution in [0.5, 0.6) is 0 Å². The van der Waals surface area contributed by atoms with Crippen molar-refractivity contribution >= 4 is 11.9 Å². The number of carbonyl (C=O) groups is 2. The van der Waals surface area contributed by atoms with Crippen LogP contribution in [0.4, 0.5) is 0 Å². The number of rotatable bonds is 19. The second-order valence-electron chi connectivity index (χ2n) is 7.93. The number of aliphatic carboxylic acids is 2. The van der Waals surface area contributed by atoms with Crippen LogP contribution in [0.15, 0.2) is 0 Å². The molecule has 0 aromatic heterocycles. The Morgan fingerprint density at radius 3 is 1.59 bits per heavy atom. The Morgan fingerprint density at radius 2 is 1.17 bits per heavy atom. The highest BCUT2D eigenvalue weighted by molar-refractivity contribution is 5.69. The Morgan fingerprint density at radius 1 is 0.724 bits per heavy atom. The lowest BCUT2D eigenvalue weighted by Gasteiger charge is -2.15. The minimum atomic E-state index is -0.906. The van der Waals surface area contributed by atoms with Gasteiger partial charge in [0.25, 0.3) is 0 Å². The van der Waals surface area contributed by atoms with E-state index in [4.69, 9.17) is 15.3 Å². The molecule has 0 bridgehead atoms. The molecule has 0 aliphatic rings. The summed E-state index contributed by atoms with van der Waals surface area (Å²) >= 11 is 0. The highest BCUT2D eigenvalue weighted by Crippen LogP contribution is 2.17. The van der Waals surface area contributed by atoms with Crippen molar-refractivity contribution in [1.29, 1.82) is 0 Å². The van der Waals surface area contributed by atoms with E-state index in [0.717, 1.165) is 32.1 Å². The number of hydrogen-bond donors (Lipinski definition) is 4. The molecule has 4 N–H and O–H groups in total. The van der Waals surface area contributed by atoms with Crippen molar-refractivity contribution in [2.24, 2.45) is 5.92 Å². The van der Waals surface area contributed by atoms with Crippen LogP contribution in [-0.2, 0) is 9.59 Å². The Labute approximate surface area is 177 Å². The van der Waals surface area contributed by atoms with E-state index in [1.165, 1.54) is 51.4 Å². The summed E-state index contributed by atoms with van der Waals surface area (Å²) in [6.07, 6.45) is 15.2. The lowest BCUT2D eigenvalue weighted by molar-refractivity contribution is -0.143. The predicted molar refractivity (Wildman–Crippen MR) is 117 cm³/mol. The van der Waals surface area contributed by atoms with E-state index in [0.29, 0.717) is 12.8 Å². The molecular weight excluding hydrogens is 372 g/mol. The average molecular weight is 419 g/mol. The molecule has 0 saturated carbocycles. The summed E-state index contributed by atoms with van der Waals surface area (Å²) < 4.78 is 0. The first kappa shape index (κ1) is 30.1. The maximum atomic E-state index is 10.9. The number of hydrogen-bond acceptors (Lipinski definition) is 4. The molecule has 0 fully saturated rings. The molecule has 0 saturated heterocycles. The first-order valence-corrected chi connectivity index (χ1v) is 11.6. The van der Waals surface area contributed by atoms with Gasteiger partial charge in [-0.05, 0) is 19.3 Å². The zero-order valence-electron chi connectivity index (χ0n) is 18.8. The SMILES string of the molecule is CCCCCCCCC(CC(O)CO)C(=O)O.CCCCCCCCCC(=O)O. The van der Waals surface area contributed by atoms with Crippen molar-refractivity contribution in [1.82, 2.24) is 0 Å².